The van der Waals surface area contributed by atoms with Crippen molar-refractivity contribution in [2.75, 3.05) is 13.2 Å². The average molecular weight is 321 g/mol. The molecular weight excluding hydrogens is 301 g/mol. The zero-order valence-corrected chi connectivity index (χ0v) is 13.4. The summed E-state index contributed by atoms with van der Waals surface area (Å²) in [5, 5.41) is 21.7. The third-order valence-electron chi connectivity index (χ3n) is 3.47. The van der Waals surface area contributed by atoms with E-state index >= 15 is 0 Å². The molecule has 0 unspecified atom stereocenters. The number of nitrogens with one attached hydrogen (secondary N) is 1. The summed E-state index contributed by atoms with van der Waals surface area (Å²) in [4.78, 5) is 23.7. The molecule has 23 heavy (non-hydrogen) atoms. The Morgan fingerprint density at radius 3 is 2.78 bits per heavy atom. The van der Waals surface area contributed by atoms with Gasteiger partial charge < -0.3 is 24.8 Å². The third kappa shape index (κ3) is 4.31. The van der Waals surface area contributed by atoms with E-state index in [1.165, 1.54) is 13.8 Å². The van der Waals surface area contributed by atoms with Crippen LogP contribution in [0.15, 0.2) is 12.1 Å². The van der Waals surface area contributed by atoms with E-state index in [-0.39, 0.29) is 13.2 Å². The molecule has 0 fully saturated rings. The van der Waals surface area contributed by atoms with Crippen LogP contribution in [0.3, 0.4) is 0 Å². The van der Waals surface area contributed by atoms with E-state index in [9.17, 15) is 19.7 Å². The minimum atomic E-state index is -1.12. The molecule has 7 nitrogen and oxygen atoms in total. The summed E-state index contributed by atoms with van der Waals surface area (Å²) < 4.78 is 9.98. The zero-order valence-electron chi connectivity index (χ0n) is 13.4. The maximum atomic E-state index is 12.2. The smallest absolute Gasteiger partial charge is 0.461 e. The predicted molar refractivity (Wildman–Crippen MR) is 83.2 cm³/mol. The van der Waals surface area contributed by atoms with Gasteiger partial charge in [0.25, 0.3) is 5.91 Å². The Morgan fingerprint density at radius 1 is 1.43 bits per heavy atom. The van der Waals surface area contributed by atoms with Crippen molar-refractivity contribution in [3.8, 4) is 0 Å². The number of amides is 1. The number of ether oxygens (including phenoxy) is 1. The molecule has 2 rings (SSSR count). The summed E-state index contributed by atoms with van der Waals surface area (Å²) in [6, 6.07) is 3.35. The predicted octanol–water partition coefficient (Wildman–Crippen LogP) is -0.743. The summed E-state index contributed by atoms with van der Waals surface area (Å²) in [6.45, 7) is 4.61. The minimum absolute atomic E-state index is 0.150. The fourth-order valence-electron chi connectivity index (χ4n) is 2.31. The van der Waals surface area contributed by atoms with Crippen LogP contribution in [0.4, 0.5) is 0 Å². The summed E-state index contributed by atoms with van der Waals surface area (Å²) in [6.07, 6.45) is 0. The summed E-state index contributed by atoms with van der Waals surface area (Å²) in [5.74, 6) is -1.08. The summed E-state index contributed by atoms with van der Waals surface area (Å²) in [7, 11) is -1.03. The molecule has 8 heteroatoms. The van der Waals surface area contributed by atoms with E-state index in [0.717, 1.165) is 5.56 Å². The van der Waals surface area contributed by atoms with Crippen molar-refractivity contribution in [2.24, 2.45) is 0 Å². The van der Waals surface area contributed by atoms with Crippen molar-refractivity contribution in [2.45, 2.75) is 33.0 Å². The first-order valence-corrected chi connectivity index (χ1v) is 7.27. The van der Waals surface area contributed by atoms with Gasteiger partial charge in [-0.15, -0.1) is 0 Å². The molecule has 0 spiro atoms. The van der Waals surface area contributed by atoms with Gasteiger partial charge >= 0.3 is 13.1 Å². The van der Waals surface area contributed by atoms with Gasteiger partial charge in [0.2, 0.25) is 0 Å². The first kappa shape index (κ1) is 17.5. The fraction of sp³-hybridized carbons (Fsp3) is 0.467. The van der Waals surface area contributed by atoms with Crippen molar-refractivity contribution >= 4 is 24.5 Å². The molecule has 1 amide bonds. The number of aliphatic hydroxyl groups is 1. The fourth-order valence-corrected chi connectivity index (χ4v) is 2.31. The van der Waals surface area contributed by atoms with E-state index in [1.54, 1.807) is 19.1 Å². The van der Waals surface area contributed by atoms with Crippen LogP contribution in [0, 0.1) is 6.92 Å². The Balaban J connectivity index is 1.97. The Morgan fingerprint density at radius 2 is 2.13 bits per heavy atom. The molecule has 0 bridgehead atoms. The molecule has 0 radical (unpaired) electrons. The molecule has 1 aliphatic rings. The van der Waals surface area contributed by atoms with Crippen LogP contribution in [-0.4, -0.2) is 47.9 Å². The highest BCUT2D eigenvalue weighted by Crippen LogP contribution is 2.16. The van der Waals surface area contributed by atoms with Gasteiger partial charge in [-0.25, -0.2) is 0 Å². The molecule has 124 valence electrons. The second-order valence-corrected chi connectivity index (χ2v) is 6.13. The van der Waals surface area contributed by atoms with E-state index in [2.05, 4.69) is 5.32 Å². The van der Waals surface area contributed by atoms with Crippen molar-refractivity contribution in [1.29, 1.82) is 0 Å². The van der Waals surface area contributed by atoms with Gasteiger partial charge in [0, 0.05) is 5.56 Å². The monoisotopic (exact) mass is 321 g/mol. The van der Waals surface area contributed by atoms with Crippen LogP contribution in [-0.2, 0) is 20.8 Å². The van der Waals surface area contributed by atoms with Crippen LogP contribution in [0.5, 0.6) is 0 Å². The number of esters is 1. The molecule has 0 saturated heterocycles. The quantitative estimate of drug-likeness (QED) is 0.487. The molecule has 0 aromatic heterocycles. The second-order valence-electron chi connectivity index (χ2n) is 6.13. The van der Waals surface area contributed by atoms with E-state index < -0.39 is 24.6 Å². The Hall–Kier alpha value is -1.90. The van der Waals surface area contributed by atoms with Crippen LogP contribution in [0.2, 0.25) is 0 Å². The maximum Gasteiger partial charge on any atom is 0.492 e. The Bertz CT molecular complexity index is 625. The summed E-state index contributed by atoms with van der Waals surface area (Å²) >= 11 is 0. The lowest BCUT2D eigenvalue weighted by Gasteiger charge is -2.17. The highest BCUT2D eigenvalue weighted by atomic mass is 16.5. The number of hydrogen-bond donors (Lipinski definition) is 3. The van der Waals surface area contributed by atoms with Crippen molar-refractivity contribution in [1.82, 2.24) is 5.32 Å². The van der Waals surface area contributed by atoms with Crippen LogP contribution < -0.4 is 10.8 Å². The first-order valence-electron chi connectivity index (χ1n) is 7.27. The van der Waals surface area contributed by atoms with Crippen molar-refractivity contribution < 1.29 is 29.1 Å². The van der Waals surface area contributed by atoms with Gasteiger partial charge in [0.1, 0.15) is 13.2 Å². The first-order chi connectivity index (χ1) is 10.7. The lowest BCUT2D eigenvalue weighted by Crippen LogP contribution is -2.36. The summed E-state index contributed by atoms with van der Waals surface area (Å²) in [5.41, 5.74) is 1.31. The van der Waals surface area contributed by atoms with Crippen LogP contribution >= 0.6 is 0 Å². The van der Waals surface area contributed by atoms with Gasteiger partial charge in [-0.3, -0.25) is 9.59 Å². The minimum Gasteiger partial charge on any atom is -0.461 e. The topological polar surface area (TPSA) is 105 Å². The molecule has 1 aromatic carbocycles. The molecule has 1 heterocycles. The lowest BCUT2D eigenvalue weighted by molar-refractivity contribution is -0.148. The average Bonchev–Trinajstić information content (AvgIpc) is 2.84. The molecule has 1 aliphatic heterocycles. The zero-order chi connectivity index (χ0) is 17.2. The van der Waals surface area contributed by atoms with Crippen molar-refractivity contribution in [3.05, 3.63) is 28.8 Å². The SMILES string of the molecule is Cc1c(C(=O)NCC(=O)OCC(C)(C)O)ccc2c1B(O)OC2. The number of carbonyl (C=O) groups excluding carboxylic acids is 2. The van der Waals surface area contributed by atoms with Crippen molar-refractivity contribution in [3.63, 3.8) is 0 Å². The van der Waals surface area contributed by atoms with E-state index in [0.29, 0.717) is 23.2 Å². The standard InChI is InChI=1S/C15H20BNO6/c1-9-11(5-4-10-7-23-16(21)13(9)10)14(19)17-6-12(18)22-8-15(2,3)20/h4-5,20-21H,6-8H2,1-3H3,(H,17,19). The van der Waals surface area contributed by atoms with Gasteiger partial charge in [0.15, 0.2) is 0 Å². The second kappa shape index (κ2) is 6.70. The van der Waals surface area contributed by atoms with E-state index in [4.69, 9.17) is 9.39 Å². The highest BCUT2D eigenvalue weighted by Gasteiger charge is 2.31. The molecule has 0 atom stereocenters. The van der Waals surface area contributed by atoms with Crippen LogP contribution in [0.25, 0.3) is 0 Å². The molecule has 0 saturated carbocycles. The molecular formula is C15H20BNO6. The molecule has 1 aromatic rings. The van der Waals surface area contributed by atoms with Gasteiger partial charge in [-0.05, 0) is 43.4 Å². The van der Waals surface area contributed by atoms with Gasteiger partial charge in [0.05, 0.1) is 12.2 Å². The number of hydrogen-bond acceptors (Lipinski definition) is 6. The van der Waals surface area contributed by atoms with Gasteiger partial charge in [-0.2, -0.15) is 0 Å². The third-order valence-corrected chi connectivity index (χ3v) is 3.47. The molecule has 3 N–H and O–H groups in total. The lowest BCUT2D eigenvalue weighted by atomic mass is 9.75. The number of rotatable bonds is 5. The largest absolute Gasteiger partial charge is 0.492 e. The highest BCUT2D eigenvalue weighted by molar-refractivity contribution is 6.62. The van der Waals surface area contributed by atoms with E-state index in [1.807, 2.05) is 0 Å². The maximum absolute atomic E-state index is 12.2. The molecule has 0 aliphatic carbocycles. The number of carbonyl (C=O) groups is 2. The van der Waals surface area contributed by atoms with Crippen LogP contribution in [0.1, 0.15) is 35.3 Å². The normalized spacial score (nSPS) is 13.7. The van der Waals surface area contributed by atoms with Gasteiger partial charge in [-0.1, -0.05) is 6.07 Å². The number of benzene rings is 1. The number of fused-ring (bicyclic) bond motifs is 1. The Labute approximate surface area is 134 Å². The Kier molecular flexibility index (Phi) is 5.08.